The highest BCUT2D eigenvalue weighted by Gasteiger charge is 2.11. The molecule has 0 aromatic heterocycles. The van der Waals surface area contributed by atoms with E-state index in [4.69, 9.17) is 14.7 Å². The maximum absolute atomic E-state index is 12.1. The summed E-state index contributed by atoms with van der Waals surface area (Å²) in [5, 5.41) is 8.84. The maximum Gasteiger partial charge on any atom is 0.260 e. The first kappa shape index (κ1) is 16.4. The van der Waals surface area contributed by atoms with Gasteiger partial charge in [0, 0.05) is 13.6 Å². The van der Waals surface area contributed by atoms with Crippen LogP contribution in [0.2, 0.25) is 0 Å². The fourth-order valence-corrected chi connectivity index (χ4v) is 2.04. The highest BCUT2D eigenvalue weighted by molar-refractivity contribution is 5.77. The van der Waals surface area contributed by atoms with Crippen molar-refractivity contribution in [2.45, 2.75) is 6.54 Å². The van der Waals surface area contributed by atoms with E-state index in [0.717, 1.165) is 11.3 Å². The van der Waals surface area contributed by atoms with Gasteiger partial charge in [0.2, 0.25) is 0 Å². The van der Waals surface area contributed by atoms with Gasteiger partial charge in [0.25, 0.3) is 5.91 Å². The Labute approximate surface area is 135 Å². The molecule has 0 spiro atoms. The van der Waals surface area contributed by atoms with Crippen molar-refractivity contribution in [1.29, 1.82) is 5.26 Å². The van der Waals surface area contributed by atoms with Gasteiger partial charge in [-0.25, -0.2) is 0 Å². The molecule has 0 aliphatic rings. The Morgan fingerprint density at radius 2 is 1.91 bits per heavy atom. The van der Waals surface area contributed by atoms with Crippen LogP contribution in [0.15, 0.2) is 48.5 Å². The summed E-state index contributed by atoms with van der Waals surface area (Å²) in [6.45, 7) is 0.396. The van der Waals surface area contributed by atoms with Crippen LogP contribution in [0.3, 0.4) is 0 Å². The van der Waals surface area contributed by atoms with Gasteiger partial charge < -0.3 is 14.4 Å². The number of likely N-dealkylation sites (N-methyl/N-ethyl adjacent to an activating group) is 1. The fourth-order valence-electron chi connectivity index (χ4n) is 2.04. The summed E-state index contributed by atoms with van der Waals surface area (Å²) in [4.78, 5) is 13.7. The Bertz CT molecular complexity index is 722. The second-order valence-corrected chi connectivity index (χ2v) is 5.03. The zero-order valence-corrected chi connectivity index (χ0v) is 13.2. The summed E-state index contributed by atoms with van der Waals surface area (Å²) < 4.78 is 10.6. The second kappa shape index (κ2) is 7.85. The minimum atomic E-state index is -0.143. The van der Waals surface area contributed by atoms with E-state index in [0.29, 0.717) is 17.9 Å². The zero-order chi connectivity index (χ0) is 16.7. The molecule has 2 aromatic carbocycles. The van der Waals surface area contributed by atoms with Gasteiger partial charge in [-0.2, -0.15) is 5.26 Å². The summed E-state index contributed by atoms with van der Waals surface area (Å²) >= 11 is 0. The Morgan fingerprint density at radius 3 is 2.65 bits per heavy atom. The molecule has 0 aliphatic carbocycles. The van der Waals surface area contributed by atoms with Crippen LogP contribution in [0.25, 0.3) is 0 Å². The molecule has 0 radical (unpaired) electrons. The van der Waals surface area contributed by atoms with Crippen molar-refractivity contribution in [1.82, 2.24) is 4.90 Å². The number of benzene rings is 2. The molecule has 0 saturated heterocycles. The molecule has 2 rings (SSSR count). The minimum Gasteiger partial charge on any atom is -0.497 e. The molecule has 0 fully saturated rings. The van der Waals surface area contributed by atoms with Gasteiger partial charge in [-0.1, -0.05) is 18.2 Å². The normalized spacial score (nSPS) is 9.78. The third-order valence-electron chi connectivity index (χ3n) is 3.31. The molecule has 118 valence electrons. The van der Waals surface area contributed by atoms with Gasteiger partial charge in [-0.15, -0.1) is 0 Å². The summed E-state index contributed by atoms with van der Waals surface area (Å²) in [6.07, 6.45) is 0. The monoisotopic (exact) mass is 310 g/mol. The topological polar surface area (TPSA) is 62.6 Å². The lowest BCUT2D eigenvalue weighted by Gasteiger charge is -2.18. The smallest absolute Gasteiger partial charge is 0.260 e. The molecule has 0 unspecified atom stereocenters. The van der Waals surface area contributed by atoms with E-state index in [2.05, 4.69) is 0 Å². The standard InChI is InChI=1S/C18H18N2O3/c1-20(12-15-6-4-7-16(10-15)22-2)18(21)13-23-17-8-3-5-14(9-17)11-19/h3-10H,12-13H2,1-2H3. The quantitative estimate of drug-likeness (QED) is 0.823. The van der Waals surface area contributed by atoms with Crippen molar-refractivity contribution in [3.63, 3.8) is 0 Å². The molecule has 5 heteroatoms. The number of carbonyl (C=O) groups excluding carboxylic acids is 1. The van der Waals surface area contributed by atoms with E-state index in [9.17, 15) is 4.79 Å². The lowest BCUT2D eigenvalue weighted by molar-refractivity contribution is -0.132. The molecule has 2 aromatic rings. The zero-order valence-electron chi connectivity index (χ0n) is 13.2. The number of nitriles is 1. The molecule has 23 heavy (non-hydrogen) atoms. The summed E-state index contributed by atoms with van der Waals surface area (Å²) in [6, 6.07) is 16.3. The largest absolute Gasteiger partial charge is 0.497 e. The van der Waals surface area contributed by atoms with Crippen LogP contribution in [0.1, 0.15) is 11.1 Å². The second-order valence-electron chi connectivity index (χ2n) is 5.03. The number of hydrogen-bond donors (Lipinski definition) is 0. The Hall–Kier alpha value is -3.00. The average Bonchev–Trinajstić information content (AvgIpc) is 2.59. The highest BCUT2D eigenvalue weighted by Crippen LogP contribution is 2.15. The number of hydrogen-bond acceptors (Lipinski definition) is 4. The lowest BCUT2D eigenvalue weighted by Crippen LogP contribution is -2.30. The van der Waals surface area contributed by atoms with E-state index in [-0.39, 0.29) is 12.5 Å². The van der Waals surface area contributed by atoms with E-state index in [1.165, 1.54) is 0 Å². The van der Waals surface area contributed by atoms with Crippen LogP contribution < -0.4 is 9.47 Å². The molecule has 0 aliphatic heterocycles. The first-order valence-electron chi connectivity index (χ1n) is 7.12. The molecule has 0 N–H and O–H groups in total. The van der Waals surface area contributed by atoms with E-state index < -0.39 is 0 Å². The summed E-state index contributed by atoms with van der Waals surface area (Å²) in [5.74, 6) is 1.12. The van der Waals surface area contributed by atoms with Crippen molar-refractivity contribution < 1.29 is 14.3 Å². The van der Waals surface area contributed by atoms with Crippen LogP contribution in [0, 0.1) is 11.3 Å². The summed E-state index contributed by atoms with van der Waals surface area (Å²) in [7, 11) is 3.33. The Kier molecular flexibility index (Phi) is 5.59. The number of nitrogens with zero attached hydrogens (tertiary/aromatic N) is 2. The number of amides is 1. The van der Waals surface area contributed by atoms with Crippen molar-refractivity contribution in [3.8, 4) is 17.6 Å². The van der Waals surface area contributed by atoms with Gasteiger partial charge in [0.05, 0.1) is 18.7 Å². The number of carbonyl (C=O) groups is 1. The predicted octanol–water partition coefficient (Wildman–Crippen LogP) is 2.60. The van der Waals surface area contributed by atoms with Gasteiger partial charge in [0.15, 0.2) is 6.61 Å². The molecule has 0 saturated carbocycles. The molecule has 1 amide bonds. The SMILES string of the molecule is COc1cccc(CN(C)C(=O)COc2cccc(C#N)c2)c1. The first-order chi connectivity index (χ1) is 11.1. The molecule has 0 heterocycles. The lowest BCUT2D eigenvalue weighted by atomic mass is 10.2. The Balaban J connectivity index is 1.90. The Morgan fingerprint density at radius 1 is 1.17 bits per heavy atom. The number of ether oxygens (including phenoxy) is 2. The molecular weight excluding hydrogens is 292 g/mol. The van der Waals surface area contributed by atoms with Crippen LogP contribution in [-0.2, 0) is 11.3 Å². The van der Waals surface area contributed by atoms with E-state index in [1.807, 2.05) is 30.3 Å². The number of rotatable bonds is 6. The molecular formula is C18H18N2O3. The van der Waals surface area contributed by atoms with Gasteiger partial charge in [-0.05, 0) is 35.9 Å². The van der Waals surface area contributed by atoms with Gasteiger partial charge in [0.1, 0.15) is 11.5 Å². The van der Waals surface area contributed by atoms with Crippen LogP contribution in [0.5, 0.6) is 11.5 Å². The van der Waals surface area contributed by atoms with Crippen molar-refractivity contribution in [2.75, 3.05) is 20.8 Å². The third kappa shape index (κ3) is 4.75. The molecule has 0 bridgehead atoms. The fraction of sp³-hybridized carbons (Fsp3) is 0.222. The van der Waals surface area contributed by atoms with E-state index >= 15 is 0 Å². The van der Waals surface area contributed by atoms with Gasteiger partial charge >= 0.3 is 0 Å². The van der Waals surface area contributed by atoms with Gasteiger partial charge in [-0.3, -0.25) is 4.79 Å². The predicted molar refractivity (Wildman–Crippen MR) is 86.1 cm³/mol. The van der Waals surface area contributed by atoms with Crippen LogP contribution in [0.4, 0.5) is 0 Å². The first-order valence-corrected chi connectivity index (χ1v) is 7.12. The molecule has 0 atom stereocenters. The highest BCUT2D eigenvalue weighted by atomic mass is 16.5. The molecule has 5 nitrogen and oxygen atoms in total. The van der Waals surface area contributed by atoms with Crippen LogP contribution >= 0.6 is 0 Å². The van der Waals surface area contributed by atoms with Crippen LogP contribution in [-0.4, -0.2) is 31.6 Å². The minimum absolute atomic E-state index is 0.0741. The summed E-state index contributed by atoms with van der Waals surface area (Å²) in [5.41, 5.74) is 1.48. The average molecular weight is 310 g/mol. The number of methoxy groups -OCH3 is 1. The van der Waals surface area contributed by atoms with Crippen molar-refractivity contribution in [2.24, 2.45) is 0 Å². The van der Waals surface area contributed by atoms with Crippen molar-refractivity contribution >= 4 is 5.91 Å². The van der Waals surface area contributed by atoms with Crippen molar-refractivity contribution in [3.05, 3.63) is 59.7 Å². The maximum atomic E-state index is 12.1. The van der Waals surface area contributed by atoms with E-state index in [1.54, 1.807) is 43.3 Å². The third-order valence-corrected chi connectivity index (χ3v) is 3.31.